The van der Waals surface area contributed by atoms with Crippen molar-refractivity contribution in [3.05, 3.63) is 0 Å². The quantitative estimate of drug-likeness (QED) is 0.588. The van der Waals surface area contributed by atoms with Gasteiger partial charge < -0.3 is 5.32 Å². The Morgan fingerprint density at radius 2 is 2.18 bits per heavy atom. The predicted octanol–water partition coefficient (Wildman–Crippen LogP) is 1.53. The number of hydrogen-bond donors (Lipinski definition) is 1. The first-order chi connectivity index (χ1) is 5.18. The summed E-state index contributed by atoms with van der Waals surface area (Å²) in [6, 6.07) is 1.63. The van der Waals surface area contributed by atoms with E-state index in [2.05, 4.69) is 31.4 Å². The summed E-state index contributed by atoms with van der Waals surface area (Å²) < 4.78 is 0. The molecule has 2 heteroatoms. The normalized spacial score (nSPS) is 46.8. The lowest BCUT2D eigenvalue weighted by Gasteiger charge is -2.05. The molecule has 0 amide bonds. The van der Waals surface area contributed by atoms with E-state index in [4.69, 9.17) is 0 Å². The van der Waals surface area contributed by atoms with Gasteiger partial charge >= 0.3 is 0 Å². The molecule has 0 spiro atoms. The first-order valence-electron chi connectivity index (χ1n) is 4.46. The minimum absolute atomic E-state index is 0.188. The van der Waals surface area contributed by atoms with E-state index in [0.29, 0.717) is 0 Å². The Bertz CT molecular complexity index is 184. The molecule has 11 heavy (non-hydrogen) atoms. The lowest BCUT2D eigenvalue weighted by atomic mass is 10.2. The summed E-state index contributed by atoms with van der Waals surface area (Å²) >= 11 is 0. The van der Waals surface area contributed by atoms with Gasteiger partial charge in [0, 0.05) is 6.04 Å². The van der Waals surface area contributed by atoms with Gasteiger partial charge in [-0.25, -0.2) is 0 Å². The molecule has 62 valence electrons. The average molecular weight is 170 g/mol. The van der Waals surface area contributed by atoms with E-state index >= 15 is 0 Å². The average Bonchev–Trinajstić information content (AvgIpc) is 2.44. The van der Waals surface area contributed by atoms with Crippen molar-refractivity contribution in [2.24, 2.45) is 11.8 Å². The third kappa shape index (κ3) is 1.37. The van der Waals surface area contributed by atoms with Crippen LogP contribution in [0.25, 0.3) is 0 Å². The molecular weight excluding hydrogens is 153 g/mol. The molecule has 4 atom stereocenters. The van der Waals surface area contributed by atoms with Crippen LogP contribution >= 0.6 is 7.55 Å². The molecule has 0 aromatic heterocycles. The van der Waals surface area contributed by atoms with E-state index in [1.54, 1.807) is 0 Å². The van der Waals surface area contributed by atoms with E-state index in [0.717, 1.165) is 23.9 Å². The van der Waals surface area contributed by atoms with E-state index in [9.17, 15) is 0 Å². The van der Waals surface area contributed by atoms with Crippen molar-refractivity contribution < 1.29 is 0 Å². The lowest BCUT2D eigenvalue weighted by Crippen LogP contribution is -2.28. The topological polar surface area (TPSA) is 12.0 Å². The third-order valence-electron chi connectivity index (χ3n) is 2.97. The second-order valence-electron chi connectivity index (χ2n) is 4.17. The smallest absolute Gasteiger partial charge is 0.101 e. The largest absolute Gasteiger partial charge is 0.304 e. The fourth-order valence-electron chi connectivity index (χ4n) is 2.25. The van der Waals surface area contributed by atoms with Crippen LogP contribution < -0.4 is 5.32 Å². The molecule has 1 saturated carbocycles. The van der Waals surface area contributed by atoms with Crippen LogP contribution in [0.4, 0.5) is 0 Å². The van der Waals surface area contributed by atoms with Crippen molar-refractivity contribution in [3.63, 3.8) is 0 Å². The molecule has 2 rings (SSSR count). The first kappa shape index (κ1) is 7.76. The zero-order valence-electron chi connectivity index (χ0n) is 7.54. The molecule has 2 fully saturated rings. The molecule has 1 nitrogen and oxygen atoms in total. The van der Waals surface area contributed by atoms with Crippen LogP contribution in [0.5, 0.6) is 0 Å². The summed E-state index contributed by atoms with van der Waals surface area (Å²) in [5.74, 6) is 4.50. The van der Waals surface area contributed by atoms with Crippen LogP contribution in [0.1, 0.15) is 13.3 Å². The highest BCUT2D eigenvalue weighted by Crippen LogP contribution is 2.46. The predicted molar refractivity (Wildman–Crippen MR) is 52.8 cm³/mol. The van der Waals surface area contributed by atoms with Gasteiger partial charge in [-0.3, -0.25) is 0 Å². The number of nitrogens with one attached hydrogen (secondary N) is 1. The monoisotopic (exact) mass is 170 g/mol. The van der Waals surface area contributed by atoms with Gasteiger partial charge in [-0.15, -0.1) is 0 Å². The molecule has 1 heterocycles. The molecule has 0 aromatic carbocycles. The summed E-state index contributed by atoms with van der Waals surface area (Å²) in [4.78, 5) is 0. The van der Waals surface area contributed by atoms with Crippen molar-refractivity contribution in [2.45, 2.75) is 25.4 Å². The number of hydrogen-bond acceptors (Lipinski definition) is 1. The summed E-state index contributed by atoms with van der Waals surface area (Å²) in [5.41, 5.74) is 0. The number of rotatable bonds is 1. The highest BCUT2D eigenvalue weighted by atomic mass is 31.1. The first-order valence-corrected chi connectivity index (χ1v) is 6.76. The van der Waals surface area contributed by atoms with E-state index in [1.807, 2.05) is 0 Å². The van der Waals surface area contributed by atoms with Crippen LogP contribution in [0.2, 0.25) is 0 Å². The van der Waals surface area contributed by atoms with Gasteiger partial charge in [0.1, 0.15) is 5.80 Å². The highest BCUT2D eigenvalue weighted by molar-refractivity contribution is 7.55. The Labute approximate surface area is 70.0 Å². The van der Waals surface area contributed by atoms with Gasteiger partial charge in [0.05, 0.1) is 26.9 Å². The molecule has 0 bridgehead atoms. The van der Waals surface area contributed by atoms with Gasteiger partial charge in [0.2, 0.25) is 0 Å². The number of fused-ring (bicyclic) bond motifs is 1. The summed E-state index contributed by atoms with van der Waals surface area (Å²) in [6.07, 6.45) is 1.41. The van der Waals surface area contributed by atoms with Crippen LogP contribution in [-0.2, 0) is 0 Å². The SMILES string of the molecule is CC1C2CC(C=[P+](C)C)NC12. The van der Waals surface area contributed by atoms with Crippen LogP contribution in [0.15, 0.2) is 0 Å². The van der Waals surface area contributed by atoms with Crippen molar-refractivity contribution in [2.75, 3.05) is 13.3 Å². The minimum atomic E-state index is 0.188. The Balaban J connectivity index is 1.90. The zero-order valence-corrected chi connectivity index (χ0v) is 8.44. The Morgan fingerprint density at radius 1 is 1.45 bits per heavy atom. The molecule has 0 radical (unpaired) electrons. The standard InChI is InChI=1S/C9H17NP/c1-6-8-4-7(5-11(2)3)10-9(6)8/h5-10H,4H2,1-3H3/q+1. The van der Waals surface area contributed by atoms with Crippen molar-refractivity contribution in [1.82, 2.24) is 5.32 Å². The van der Waals surface area contributed by atoms with Gasteiger partial charge in [0.25, 0.3) is 0 Å². The molecule has 1 aliphatic carbocycles. The highest BCUT2D eigenvalue weighted by Gasteiger charge is 2.53. The molecule has 2 aliphatic rings. The molecule has 1 aliphatic heterocycles. The minimum Gasteiger partial charge on any atom is -0.304 e. The number of piperidine rings is 1. The molecule has 1 N–H and O–H groups in total. The Morgan fingerprint density at radius 3 is 2.64 bits per heavy atom. The fourth-order valence-corrected chi connectivity index (χ4v) is 3.18. The van der Waals surface area contributed by atoms with Crippen molar-refractivity contribution in [3.8, 4) is 0 Å². The maximum Gasteiger partial charge on any atom is 0.101 e. The lowest BCUT2D eigenvalue weighted by molar-refractivity contribution is 0.594. The third-order valence-corrected chi connectivity index (χ3v) is 3.93. The van der Waals surface area contributed by atoms with Crippen LogP contribution in [0, 0.1) is 11.8 Å². The van der Waals surface area contributed by atoms with Gasteiger partial charge in [0.15, 0.2) is 0 Å². The molecular formula is C9H17NP+. The zero-order chi connectivity index (χ0) is 8.01. The van der Waals surface area contributed by atoms with Gasteiger partial charge in [-0.2, -0.15) is 0 Å². The summed E-state index contributed by atoms with van der Waals surface area (Å²) in [7, 11) is 0.188. The van der Waals surface area contributed by atoms with Crippen molar-refractivity contribution >= 4 is 13.3 Å². The van der Waals surface area contributed by atoms with E-state index < -0.39 is 0 Å². The van der Waals surface area contributed by atoms with Crippen LogP contribution in [-0.4, -0.2) is 31.2 Å². The van der Waals surface area contributed by atoms with Crippen LogP contribution in [0.3, 0.4) is 0 Å². The maximum atomic E-state index is 3.67. The maximum absolute atomic E-state index is 3.67. The summed E-state index contributed by atoms with van der Waals surface area (Å²) in [5, 5.41) is 3.67. The Kier molecular flexibility index (Phi) is 1.81. The fraction of sp³-hybridized carbons (Fsp3) is 0.889. The van der Waals surface area contributed by atoms with Crippen molar-refractivity contribution in [1.29, 1.82) is 0 Å². The second-order valence-corrected chi connectivity index (χ2v) is 6.40. The van der Waals surface area contributed by atoms with E-state index in [1.165, 1.54) is 6.42 Å². The van der Waals surface area contributed by atoms with E-state index in [-0.39, 0.29) is 7.55 Å². The second kappa shape index (κ2) is 2.57. The molecule has 4 unspecified atom stereocenters. The van der Waals surface area contributed by atoms with Gasteiger partial charge in [-0.05, 0) is 18.3 Å². The Hall–Kier alpha value is 0.130. The molecule has 1 saturated heterocycles. The molecule has 0 aromatic rings. The summed E-state index contributed by atoms with van der Waals surface area (Å²) in [6.45, 7) is 7.01. The van der Waals surface area contributed by atoms with Gasteiger partial charge in [-0.1, -0.05) is 6.92 Å².